The quantitative estimate of drug-likeness (QED) is 0.388. The molecule has 0 saturated carbocycles. The molecule has 0 radical (unpaired) electrons. The van der Waals surface area contributed by atoms with Crippen molar-refractivity contribution in [2.45, 2.75) is 13.8 Å². The van der Waals surface area contributed by atoms with E-state index < -0.39 is 0 Å². The lowest BCUT2D eigenvalue weighted by atomic mass is 9.96. The number of fused-ring (bicyclic) bond motifs is 1. The summed E-state index contributed by atoms with van der Waals surface area (Å²) in [4.78, 5) is 12.3. The van der Waals surface area contributed by atoms with Crippen LogP contribution in [0.5, 0.6) is 17.2 Å². The number of nitrogens with one attached hydrogen (secondary N) is 1. The van der Waals surface area contributed by atoms with Crippen LogP contribution in [-0.4, -0.2) is 47.5 Å². The summed E-state index contributed by atoms with van der Waals surface area (Å²) >= 11 is 0. The Bertz CT molecular complexity index is 1150. The molecule has 0 aliphatic heterocycles. The number of allylic oxidation sites excluding steroid dienone is 1. The first-order valence-electron chi connectivity index (χ1n) is 10.2. The van der Waals surface area contributed by atoms with Crippen molar-refractivity contribution >= 4 is 22.4 Å². The minimum Gasteiger partial charge on any atom is -0.496 e. The van der Waals surface area contributed by atoms with Gasteiger partial charge in [0.25, 0.3) is 0 Å². The molecule has 0 aliphatic rings. The lowest BCUT2D eigenvalue weighted by Crippen LogP contribution is -2.25. The van der Waals surface area contributed by atoms with Crippen LogP contribution in [0.15, 0.2) is 41.0 Å². The number of amides is 1. The number of methoxy groups -OCH3 is 4. The lowest BCUT2D eigenvalue weighted by molar-refractivity contribution is -0.116. The Labute approximate surface area is 187 Å². The molecule has 0 unspecified atom stereocenters. The molecule has 7 nitrogen and oxygen atoms in total. The van der Waals surface area contributed by atoms with Crippen LogP contribution < -0.4 is 19.5 Å². The van der Waals surface area contributed by atoms with Gasteiger partial charge in [-0.25, -0.2) is 0 Å². The van der Waals surface area contributed by atoms with Crippen molar-refractivity contribution in [2.24, 2.45) is 0 Å². The van der Waals surface area contributed by atoms with Crippen LogP contribution >= 0.6 is 0 Å². The summed E-state index contributed by atoms with van der Waals surface area (Å²) in [7, 11) is 6.42. The number of hydrogen-bond acceptors (Lipinski definition) is 6. The van der Waals surface area contributed by atoms with Crippen LogP contribution in [-0.2, 0) is 9.53 Å². The number of ether oxygens (including phenoxy) is 4. The number of carbonyl (C=O) groups excluding carboxylic acids is 1. The zero-order valence-electron chi connectivity index (χ0n) is 19.3. The van der Waals surface area contributed by atoms with Gasteiger partial charge in [0, 0.05) is 41.8 Å². The van der Waals surface area contributed by atoms with Crippen molar-refractivity contribution in [2.75, 3.05) is 41.6 Å². The summed E-state index contributed by atoms with van der Waals surface area (Å²) < 4.78 is 27.4. The predicted octanol–water partition coefficient (Wildman–Crippen LogP) is 4.60. The summed E-state index contributed by atoms with van der Waals surface area (Å²) in [5, 5.41) is 3.72. The summed E-state index contributed by atoms with van der Waals surface area (Å²) in [6.07, 6.45) is 3.29. The van der Waals surface area contributed by atoms with Gasteiger partial charge >= 0.3 is 0 Å². The second-order valence-corrected chi connectivity index (χ2v) is 7.29. The molecule has 0 aliphatic carbocycles. The van der Waals surface area contributed by atoms with E-state index in [1.807, 2.05) is 38.1 Å². The van der Waals surface area contributed by atoms with Gasteiger partial charge in [-0.15, -0.1) is 0 Å². The maximum atomic E-state index is 12.3. The van der Waals surface area contributed by atoms with Gasteiger partial charge in [0.05, 0.1) is 34.2 Å². The Hall–Kier alpha value is -3.45. The van der Waals surface area contributed by atoms with Gasteiger partial charge in [-0.05, 0) is 43.2 Å². The smallest absolute Gasteiger partial charge is 0.244 e. The third kappa shape index (κ3) is 4.57. The predicted molar refractivity (Wildman–Crippen MR) is 125 cm³/mol. The van der Waals surface area contributed by atoms with Gasteiger partial charge in [0.15, 0.2) is 11.5 Å². The first-order valence-corrected chi connectivity index (χ1v) is 10.2. The molecule has 0 spiro atoms. The Kier molecular flexibility index (Phi) is 7.43. The van der Waals surface area contributed by atoms with E-state index >= 15 is 0 Å². The van der Waals surface area contributed by atoms with Crippen LogP contribution in [0.1, 0.15) is 18.1 Å². The number of benzene rings is 2. The van der Waals surface area contributed by atoms with Crippen molar-refractivity contribution in [3.8, 4) is 28.4 Å². The summed E-state index contributed by atoms with van der Waals surface area (Å²) in [6.45, 7) is 4.73. The molecular weight excluding hydrogens is 410 g/mol. The zero-order valence-corrected chi connectivity index (χ0v) is 19.3. The fourth-order valence-corrected chi connectivity index (χ4v) is 3.70. The highest BCUT2D eigenvalue weighted by molar-refractivity contribution is 6.01. The van der Waals surface area contributed by atoms with Crippen molar-refractivity contribution in [3.05, 3.63) is 47.7 Å². The van der Waals surface area contributed by atoms with Crippen LogP contribution in [0.25, 0.3) is 27.7 Å². The maximum absolute atomic E-state index is 12.3. The minimum absolute atomic E-state index is 0.188. The SMILES string of the molecule is COCCNC(=O)/C=C(\C)c1cc2c(-c3ccc(OC)c(OC)c3)coc2c(C)c1OC. The molecular formula is C25H29NO6. The molecule has 3 aromatic rings. The van der Waals surface area contributed by atoms with Gasteiger partial charge in [-0.1, -0.05) is 6.07 Å². The topological polar surface area (TPSA) is 79.2 Å². The molecule has 32 heavy (non-hydrogen) atoms. The lowest BCUT2D eigenvalue weighted by Gasteiger charge is -2.14. The fraction of sp³-hybridized carbons (Fsp3) is 0.320. The standard InChI is InChI=1S/C25H29NO6/c1-15(11-23(27)26-9-10-28-3)18-13-19-20(14-32-25(19)16(2)24(18)31-6)17-7-8-21(29-4)22(12-17)30-5/h7-8,11-14H,9-10H2,1-6H3,(H,26,27)/b15-11+. The van der Waals surface area contributed by atoms with E-state index in [0.717, 1.165) is 38.8 Å². The third-order valence-corrected chi connectivity index (χ3v) is 5.32. The second kappa shape index (κ2) is 10.2. The highest BCUT2D eigenvalue weighted by atomic mass is 16.5. The summed E-state index contributed by atoms with van der Waals surface area (Å²) in [6, 6.07) is 7.72. The number of carbonyl (C=O) groups is 1. The van der Waals surface area contributed by atoms with Gasteiger partial charge in [-0.3, -0.25) is 4.79 Å². The molecule has 1 amide bonds. The van der Waals surface area contributed by atoms with E-state index in [2.05, 4.69) is 5.32 Å². The molecule has 0 fully saturated rings. The molecule has 170 valence electrons. The van der Waals surface area contributed by atoms with Crippen LogP contribution in [0.3, 0.4) is 0 Å². The Balaban J connectivity index is 2.10. The number of furan rings is 1. The Morgan fingerprint density at radius 1 is 1.06 bits per heavy atom. The van der Waals surface area contributed by atoms with Crippen LogP contribution in [0, 0.1) is 6.92 Å². The number of hydrogen-bond donors (Lipinski definition) is 1. The number of aryl methyl sites for hydroxylation is 1. The molecule has 7 heteroatoms. The fourth-order valence-electron chi connectivity index (χ4n) is 3.70. The average Bonchev–Trinajstić information content (AvgIpc) is 3.23. The molecule has 1 N–H and O–H groups in total. The molecule has 0 atom stereocenters. The van der Waals surface area contributed by atoms with E-state index in [9.17, 15) is 4.79 Å². The van der Waals surface area contributed by atoms with E-state index in [1.54, 1.807) is 40.8 Å². The Morgan fingerprint density at radius 3 is 2.47 bits per heavy atom. The van der Waals surface area contributed by atoms with Gasteiger partial charge in [0.1, 0.15) is 11.3 Å². The molecule has 2 aromatic carbocycles. The third-order valence-electron chi connectivity index (χ3n) is 5.32. The van der Waals surface area contributed by atoms with Crippen molar-refractivity contribution in [1.29, 1.82) is 0 Å². The average molecular weight is 440 g/mol. The molecule has 0 bridgehead atoms. The Morgan fingerprint density at radius 2 is 1.81 bits per heavy atom. The van der Waals surface area contributed by atoms with Crippen LogP contribution in [0.2, 0.25) is 0 Å². The number of rotatable bonds is 9. The van der Waals surface area contributed by atoms with Gasteiger partial charge in [0.2, 0.25) is 5.91 Å². The molecule has 1 heterocycles. The molecule has 3 rings (SSSR count). The van der Waals surface area contributed by atoms with E-state index in [1.165, 1.54) is 0 Å². The van der Waals surface area contributed by atoms with Gasteiger partial charge in [-0.2, -0.15) is 0 Å². The first-order chi connectivity index (χ1) is 15.4. The highest BCUT2D eigenvalue weighted by Gasteiger charge is 2.19. The summed E-state index contributed by atoms with van der Waals surface area (Å²) in [5.74, 6) is 1.77. The van der Waals surface area contributed by atoms with Crippen molar-refractivity contribution < 1.29 is 28.2 Å². The highest BCUT2D eigenvalue weighted by Crippen LogP contribution is 2.42. The van der Waals surface area contributed by atoms with Gasteiger partial charge < -0.3 is 28.7 Å². The zero-order chi connectivity index (χ0) is 23.3. The van der Waals surface area contributed by atoms with Crippen molar-refractivity contribution in [1.82, 2.24) is 5.32 Å². The summed E-state index contributed by atoms with van der Waals surface area (Å²) in [5.41, 5.74) is 5.02. The monoisotopic (exact) mass is 439 g/mol. The minimum atomic E-state index is -0.188. The molecule has 0 saturated heterocycles. The van der Waals surface area contributed by atoms with E-state index in [0.29, 0.717) is 30.4 Å². The van der Waals surface area contributed by atoms with Crippen molar-refractivity contribution in [3.63, 3.8) is 0 Å². The largest absolute Gasteiger partial charge is 0.496 e. The molecule has 1 aromatic heterocycles. The second-order valence-electron chi connectivity index (χ2n) is 7.29. The van der Waals surface area contributed by atoms with Crippen LogP contribution in [0.4, 0.5) is 0 Å². The normalized spacial score (nSPS) is 11.5. The van der Waals surface area contributed by atoms with E-state index in [-0.39, 0.29) is 5.91 Å². The van der Waals surface area contributed by atoms with E-state index in [4.69, 9.17) is 23.4 Å². The first kappa shape index (κ1) is 23.2. The maximum Gasteiger partial charge on any atom is 0.244 e.